The number of amides is 1. The van der Waals surface area contributed by atoms with Crippen LogP contribution in [-0.4, -0.2) is 25.0 Å². The van der Waals surface area contributed by atoms with Gasteiger partial charge in [-0.1, -0.05) is 29.3 Å². The number of rotatable bonds is 4. The number of carbonyl (C=O) groups excluding carboxylic acids is 1. The fraction of sp³-hybridized carbons (Fsp3) is 0.200. The van der Waals surface area contributed by atoms with Crippen LogP contribution in [0.1, 0.15) is 15.9 Å². The smallest absolute Gasteiger partial charge is 0.253 e. The van der Waals surface area contributed by atoms with E-state index in [2.05, 4.69) is 10.3 Å². The molecule has 4 nitrogen and oxygen atoms in total. The molecule has 1 amide bonds. The van der Waals surface area contributed by atoms with Crippen molar-refractivity contribution in [3.63, 3.8) is 0 Å². The Morgan fingerprint density at radius 1 is 1.29 bits per heavy atom. The molecule has 0 unspecified atom stereocenters. The maximum Gasteiger partial charge on any atom is 0.253 e. The van der Waals surface area contributed by atoms with Gasteiger partial charge in [-0.05, 0) is 24.3 Å². The topological polar surface area (TPSA) is 45.2 Å². The monoisotopic (exact) mass is 323 g/mol. The van der Waals surface area contributed by atoms with E-state index < -0.39 is 0 Å². The Balaban J connectivity index is 2.11. The van der Waals surface area contributed by atoms with E-state index in [-0.39, 0.29) is 5.91 Å². The van der Waals surface area contributed by atoms with Crippen molar-refractivity contribution in [1.29, 1.82) is 0 Å². The molecule has 110 valence electrons. The molecule has 0 saturated heterocycles. The third-order valence-corrected chi connectivity index (χ3v) is 3.45. The maximum absolute atomic E-state index is 12.2. The molecule has 0 saturated carbocycles. The zero-order valence-electron chi connectivity index (χ0n) is 11.7. The summed E-state index contributed by atoms with van der Waals surface area (Å²) < 4.78 is 0. The summed E-state index contributed by atoms with van der Waals surface area (Å²) in [4.78, 5) is 18.3. The molecule has 2 rings (SSSR count). The highest BCUT2D eigenvalue weighted by Gasteiger charge is 2.12. The third kappa shape index (κ3) is 3.86. The van der Waals surface area contributed by atoms with Crippen molar-refractivity contribution in [2.45, 2.75) is 6.54 Å². The van der Waals surface area contributed by atoms with Crippen LogP contribution in [0.15, 0.2) is 36.5 Å². The van der Waals surface area contributed by atoms with Crippen LogP contribution in [0.25, 0.3) is 0 Å². The number of hydrogen-bond acceptors (Lipinski definition) is 3. The molecule has 21 heavy (non-hydrogen) atoms. The van der Waals surface area contributed by atoms with Crippen molar-refractivity contribution >= 4 is 34.9 Å². The van der Waals surface area contributed by atoms with E-state index in [0.717, 1.165) is 11.4 Å². The highest BCUT2D eigenvalue weighted by molar-refractivity contribution is 6.36. The van der Waals surface area contributed by atoms with E-state index in [1.165, 1.54) is 0 Å². The summed E-state index contributed by atoms with van der Waals surface area (Å²) in [6.07, 6.45) is 1.72. The molecule has 0 radical (unpaired) electrons. The average Bonchev–Trinajstić information content (AvgIpc) is 2.45. The van der Waals surface area contributed by atoms with Crippen molar-refractivity contribution in [1.82, 2.24) is 10.3 Å². The van der Waals surface area contributed by atoms with Gasteiger partial charge in [0.15, 0.2) is 0 Å². The van der Waals surface area contributed by atoms with Crippen molar-refractivity contribution in [3.8, 4) is 0 Å². The fourth-order valence-electron chi connectivity index (χ4n) is 1.92. The lowest BCUT2D eigenvalue weighted by molar-refractivity contribution is 0.0951. The van der Waals surface area contributed by atoms with E-state index in [9.17, 15) is 4.79 Å². The number of aromatic nitrogens is 1. The summed E-state index contributed by atoms with van der Waals surface area (Å²) in [7, 11) is 3.81. The summed E-state index contributed by atoms with van der Waals surface area (Å²) in [6.45, 7) is 0.374. The SMILES string of the molecule is CN(C)c1ncccc1CNC(=O)c1ccc(Cl)cc1Cl. The minimum atomic E-state index is -0.245. The van der Waals surface area contributed by atoms with Gasteiger partial charge >= 0.3 is 0 Å². The molecule has 1 aromatic carbocycles. The first-order valence-electron chi connectivity index (χ1n) is 6.33. The van der Waals surface area contributed by atoms with Crippen LogP contribution in [0.5, 0.6) is 0 Å². The van der Waals surface area contributed by atoms with Crippen LogP contribution < -0.4 is 10.2 Å². The first-order valence-corrected chi connectivity index (χ1v) is 7.09. The molecule has 0 aliphatic heterocycles. The largest absolute Gasteiger partial charge is 0.362 e. The van der Waals surface area contributed by atoms with E-state index in [4.69, 9.17) is 23.2 Å². The summed E-state index contributed by atoms with van der Waals surface area (Å²) in [5.74, 6) is 0.574. The Bertz CT molecular complexity index is 659. The number of anilines is 1. The number of nitrogens with one attached hydrogen (secondary N) is 1. The van der Waals surface area contributed by atoms with E-state index in [1.807, 2.05) is 31.1 Å². The molecule has 2 aromatic rings. The van der Waals surface area contributed by atoms with Gasteiger partial charge in [-0.25, -0.2) is 4.98 Å². The van der Waals surface area contributed by atoms with E-state index >= 15 is 0 Å². The van der Waals surface area contributed by atoms with Crippen LogP contribution in [0.3, 0.4) is 0 Å². The summed E-state index contributed by atoms with van der Waals surface area (Å²) in [6, 6.07) is 8.55. The van der Waals surface area contributed by atoms with E-state index in [0.29, 0.717) is 22.2 Å². The van der Waals surface area contributed by atoms with Gasteiger partial charge in [0.2, 0.25) is 0 Å². The fourth-order valence-corrected chi connectivity index (χ4v) is 2.41. The molecule has 0 aliphatic carbocycles. The van der Waals surface area contributed by atoms with Crippen LogP contribution in [-0.2, 0) is 6.54 Å². The molecule has 0 bridgehead atoms. The van der Waals surface area contributed by atoms with Gasteiger partial charge in [-0.3, -0.25) is 4.79 Å². The summed E-state index contributed by atoms with van der Waals surface area (Å²) in [5.41, 5.74) is 1.33. The molecule has 1 N–H and O–H groups in total. The normalized spacial score (nSPS) is 10.3. The van der Waals surface area contributed by atoms with Crippen molar-refractivity contribution in [3.05, 3.63) is 57.7 Å². The first-order chi connectivity index (χ1) is 9.99. The maximum atomic E-state index is 12.2. The molecule has 0 aliphatic rings. The van der Waals surface area contributed by atoms with Crippen molar-refractivity contribution < 1.29 is 4.79 Å². The number of halogens is 2. The van der Waals surface area contributed by atoms with Gasteiger partial charge in [0.05, 0.1) is 10.6 Å². The Morgan fingerprint density at radius 3 is 2.71 bits per heavy atom. The van der Waals surface area contributed by atoms with Crippen molar-refractivity contribution in [2.75, 3.05) is 19.0 Å². The third-order valence-electron chi connectivity index (χ3n) is 2.91. The zero-order chi connectivity index (χ0) is 15.4. The van der Waals surface area contributed by atoms with Crippen molar-refractivity contribution in [2.24, 2.45) is 0 Å². The van der Waals surface area contributed by atoms with Gasteiger partial charge in [0.25, 0.3) is 5.91 Å². The van der Waals surface area contributed by atoms with Gasteiger partial charge < -0.3 is 10.2 Å². The number of carbonyl (C=O) groups is 1. The molecule has 1 aromatic heterocycles. The molecule has 0 atom stereocenters. The number of benzene rings is 1. The van der Waals surface area contributed by atoms with Gasteiger partial charge in [0.1, 0.15) is 5.82 Å². The van der Waals surface area contributed by atoms with Crippen LogP contribution >= 0.6 is 23.2 Å². The van der Waals surface area contributed by atoms with Crippen LogP contribution in [0, 0.1) is 0 Å². The Hall–Kier alpha value is -1.78. The Morgan fingerprint density at radius 2 is 2.05 bits per heavy atom. The average molecular weight is 324 g/mol. The lowest BCUT2D eigenvalue weighted by atomic mass is 10.2. The zero-order valence-corrected chi connectivity index (χ0v) is 13.2. The number of hydrogen-bond donors (Lipinski definition) is 1. The van der Waals surface area contributed by atoms with Gasteiger partial charge in [-0.2, -0.15) is 0 Å². The number of pyridine rings is 1. The molecule has 6 heteroatoms. The highest BCUT2D eigenvalue weighted by atomic mass is 35.5. The van der Waals surface area contributed by atoms with Gasteiger partial charge in [-0.15, -0.1) is 0 Å². The standard InChI is InChI=1S/C15H15Cl2N3O/c1-20(2)14-10(4-3-7-18-14)9-19-15(21)12-6-5-11(16)8-13(12)17/h3-8H,9H2,1-2H3,(H,19,21). The Kier molecular flexibility index (Phi) is 5.04. The predicted molar refractivity (Wildman–Crippen MR) is 86.2 cm³/mol. The lowest BCUT2D eigenvalue weighted by Gasteiger charge is -2.16. The van der Waals surface area contributed by atoms with Crippen LogP contribution in [0.4, 0.5) is 5.82 Å². The minimum Gasteiger partial charge on any atom is -0.362 e. The Labute approximate surface area is 133 Å². The summed E-state index contributed by atoms with van der Waals surface area (Å²) in [5, 5.41) is 3.67. The minimum absolute atomic E-state index is 0.245. The summed E-state index contributed by atoms with van der Waals surface area (Å²) >= 11 is 11.8. The van der Waals surface area contributed by atoms with Crippen LogP contribution in [0.2, 0.25) is 10.0 Å². The molecule has 1 heterocycles. The second kappa shape index (κ2) is 6.78. The predicted octanol–water partition coefficient (Wildman–Crippen LogP) is 3.38. The van der Waals surface area contributed by atoms with E-state index in [1.54, 1.807) is 24.4 Å². The second-order valence-electron chi connectivity index (χ2n) is 4.69. The molecular weight excluding hydrogens is 309 g/mol. The molecule has 0 spiro atoms. The quantitative estimate of drug-likeness (QED) is 0.938. The first kappa shape index (κ1) is 15.6. The molecule has 0 fully saturated rings. The molecular formula is C15H15Cl2N3O. The second-order valence-corrected chi connectivity index (χ2v) is 5.53. The number of nitrogens with zero attached hydrogens (tertiary/aromatic N) is 2. The highest BCUT2D eigenvalue weighted by Crippen LogP contribution is 2.21. The lowest BCUT2D eigenvalue weighted by Crippen LogP contribution is -2.24. The van der Waals surface area contributed by atoms with Gasteiger partial charge in [0, 0.05) is 37.4 Å².